The number of carbonyl (C=O) groups excluding carboxylic acids is 1. The lowest BCUT2D eigenvalue weighted by Gasteiger charge is -2.11. The molecule has 0 fully saturated rings. The number of anilines is 1. The zero-order valence-electron chi connectivity index (χ0n) is 15.5. The van der Waals surface area contributed by atoms with Gasteiger partial charge in [0.15, 0.2) is 15.9 Å². The smallest absolute Gasteiger partial charge is 0.236 e. The average molecular weight is 398 g/mol. The van der Waals surface area contributed by atoms with Crippen LogP contribution in [0.5, 0.6) is 0 Å². The third-order valence-electron chi connectivity index (χ3n) is 4.29. The number of nitrogens with one attached hydrogen (secondary N) is 1. The Balaban J connectivity index is 1.66. The highest BCUT2D eigenvalue weighted by molar-refractivity contribution is 7.99. The molecule has 27 heavy (non-hydrogen) atoms. The SMILES string of the molecule is Cc1cc(C)c2c(c1)c(C)cc1nnc(SCC(=O)Nc3nc(C)cs3)n12. The highest BCUT2D eigenvalue weighted by atomic mass is 32.2. The Labute approximate surface area is 165 Å². The zero-order chi connectivity index (χ0) is 19.1. The van der Waals surface area contributed by atoms with Crippen molar-refractivity contribution in [2.24, 2.45) is 0 Å². The Kier molecular flexibility index (Phi) is 4.61. The van der Waals surface area contributed by atoms with Crippen LogP contribution in [0.4, 0.5) is 5.13 Å². The van der Waals surface area contributed by atoms with Gasteiger partial charge in [-0.2, -0.15) is 0 Å². The first-order valence-corrected chi connectivity index (χ1v) is 10.4. The first kappa shape index (κ1) is 17.9. The Hall–Kier alpha value is -2.45. The molecule has 0 atom stereocenters. The fourth-order valence-corrected chi connectivity index (χ4v) is 4.65. The minimum atomic E-state index is -0.102. The first-order chi connectivity index (χ1) is 12.9. The number of hydrogen-bond acceptors (Lipinski definition) is 6. The van der Waals surface area contributed by atoms with E-state index in [0.717, 1.165) is 16.9 Å². The van der Waals surface area contributed by atoms with Gasteiger partial charge in [-0.15, -0.1) is 21.5 Å². The molecule has 3 aromatic heterocycles. The maximum absolute atomic E-state index is 12.3. The number of aryl methyl sites for hydroxylation is 4. The van der Waals surface area contributed by atoms with Crippen LogP contribution >= 0.6 is 23.1 Å². The zero-order valence-corrected chi connectivity index (χ0v) is 17.2. The van der Waals surface area contributed by atoms with Crippen LogP contribution in [0.15, 0.2) is 28.7 Å². The van der Waals surface area contributed by atoms with E-state index >= 15 is 0 Å². The third-order valence-corrected chi connectivity index (χ3v) is 6.10. The van der Waals surface area contributed by atoms with Crippen LogP contribution in [0, 0.1) is 27.7 Å². The Morgan fingerprint density at radius 1 is 1.15 bits per heavy atom. The van der Waals surface area contributed by atoms with Crippen molar-refractivity contribution < 1.29 is 4.79 Å². The van der Waals surface area contributed by atoms with Crippen molar-refractivity contribution in [1.82, 2.24) is 19.6 Å². The van der Waals surface area contributed by atoms with Gasteiger partial charge in [-0.1, -0.05) is 23.4 Å². The van der Waals surface area contributed by atoms with Gasteiger partial charge >= 0.3 is 0 Å². The molecule has 4 aromatic rings. The number of thioether (sulfide) groups is 1. The highest BCUT2D eigenvalue weighted by Gasteiger charge is 2.15. The average Bonchev–Trinajstić information content (AvgIpc) is 3.19. The summed E-state index contributed by atoms with van der Waals surface area (Å²) in [5, 5.41) is 15.9. The number of pyridine rings is 1. The molecule has 8 heteroatoms. The van der Waals surface area contributed by atoms with E-state index < -0.39 is 0 Å². The quantitative estimate of drug-likeness (QED) is 0.520. The molecule has 0 aliphatic rings. The molecule has 1 amide bonds. The maximum Gasteiger partial charge on any atom is 0.236 e. The predicted molar refractivity (Wildman–Crippen MR) is 111 cm³/mol. The maximum atomic E-state index is 12.3. The van der Waals surface area contributed by atoms with Gasteiger partial charge in [0.2, 0.25) is 5.91 Å². The van der Waals surface area contributed by atoms with E-state index in [9.17, 15) is 4.79 Å². The van der Waals surface area contributed by atoms with Crippen LogP contribution in [-0.2, 0) is 4.79 Å². The van der Waals surface area contributed by atoms with Crippen LogP contribution in [0.2, 0.25) is 0 Å². The third kappa shape index (κ3) is 3.42. The molecule has 1 N–H and O–H groups in total. The van der Waals surface area contributed by atoms with E-state index in [-0.39, 0.29) is 11.7 Å². The Morgan fingerprint density at radius 3 is 2.70 bits per heavy atom. The molecule has 3 heterocycles. The summed E-state index contributed by atoms with van der Waals surface area (Å²) in [6, 6.07) is 6.38. The van der Waals surface area contributed by atoms with E-state index in [1.54, 1.807) is 0 Å². The number of amides is 1. The summed E-state index contributed by atoms with van der Waals surface area (Å²) in [7, 11) is 0. The second kappa shape index (κ2) is 6.94. The van der Waals surface area contributed by atoms with Crippen molar-refractivity contribution >= 4 is 50.7 Å². The van der Waals surface area contributed by atoms with Gasteiger partial charge in [-0.3, -0.25) is 9.20 Å². The summed E-state index contributed by atoms with van der Waals surface area (Å²) in [6.07, 6.45) is 0. The summed E-state index contributed by atoms with van der Waals surface area (Å²) in [6.45, 7) is 8.19. The van der Waals surface area contributed by atoms with Crippen LogP contribution in [-0.4, -0.2) is 31.2 Å². The number of hydrogen-bond donors (Lipinski definition) is 1. The van der Waals surface area contributed by atoms with Crippen LogP contribution in [0.1, 0.15) is 22.4 Å². The number of fused-ring (bicyclic) bond motifs is 3. The standard InChI is InChI=1S/C19H19N5OS2/c1-10-5-12(3)17-14(6-10)11(2)7-15-22-23-19(24(15)17)27-9-16(25)21-18-20-13(4)8-26-18/h5-8H,9H2,1-4H3,(H,20,21,25). The topological polar surface area (TPSA) is 72.2 Å². The monoisotopic (exact) mass is 397 g/mol. The molecule has 0 saturated heterocycles. The van der Waals surface area contributed by atoms with E-state index in [4.69, 9.17) is 0 Å². The number of nitrogens with zero attached hydrogens (tertiary/aromatic N) is 4. The lowest BCUT2D eigenvalue weighted by atomic mass is 10.0. The van der Waals surface area contributed by atoms with Gasteiger partial charge in [0.1, 0.15) is 0 Å². The largest absolute Gasteiger partial charge is 0.301 e. The lowest BCUT2D eigenvalue weighted by Crippen LogP contribution is -2.14. The summed E-state index contributed by atoms with van der Waals surface area (Å²) in [5.41, 5.74) is 6.36. The van der Waals surface area contributed by atoms with Crippen molar-refractivity contribution in [3.05, 3.63) is 46.0 Å². The number of thiazole rings is 1. The van der Waals surface area contributed by atoms with E-state index in [1.807, 2.05) is 22.8 Å². The van der Waals surface area contributed by atoms with Crippen molar-refractivity contribution in [3.63, 3.8) is 0 Å². The van der Waals surface area contributed by atoms with E-state index in [2.05, 4.69) is 53.4 Å². The lowest BCUT2D eigenvalue weighted by molar-refractivity contribution is -0.113. The fourth-order valence-electron chi connectivity index (χ4n) is 3.20. The molecule has 4 rings (SSSR count). The Bertz CT molecular complexity index is 1180. The molecule has 0 bridgehead atoms. The van der Waals surface area contributed by atoms with E-state index in [0.29, 0.717) is 10.3 Å². The summed E-state index contributed by atoms with van der Waals surface area (Å²) >= 11 is 2.80. The molecule has 1 aromatic carbocycles. The number of carbonyl (C=O) groups is 1. The van der Waals surface area contributed by atoms with Gasteiger partial charge < -0.3 is 5.32 Å². The second-order valence-corrected chi connectivity index (χ2v) is 8.41. The molecular weight excluding hydrogens is 378 g/mol. The first-order valence-electron chi connectivity index (χ1n) is 8.53. The van der Waals surface area contributed by atoms with Crippen molar-refractivity contribution in [3.8, 4) is 0 Å². The molecule has 6 nitrogen and oxygen atoms in total. The van der Waals surface area contributed by atoms with Gasteiger partial charge in [0, 0.05) is 10.8 Å². The van der Waals surface area contributed by atoms with Gasteiger partial charge in [0.25, 0.3) is 0 Å². The van der Waals surface area contributed by atoms with Crippen molar-refractivity contribution in [2.45, 2.75) is 32.9 Å². The molecule has 0 saturated carbocycles. The molecule has 0 radical (unpaired) electrons. The minimum absolute atomic E-state index is 0.102. The van der Waals surface area contributed by atoms with Crippen LogP contribution in [0.25, 0.3) is 16.6 Å². The molecule has 0 aliphatic carbocycles. The van der Waals surface area contributed by atoms with E-state index in [1.165, 1.54) is 45.2 Å². The highest BCUT2D eigenvalue weighted by Crippen LogP contribution is 2.29. The normalized spacial score (nSPS) is 11.4. The summed E-state index contributed by atoms with van der Waals surface area (Å²) in [5.74, 6) is 0.148. The Morgan fingerprint density at radius 2 is 1.96 bits per heavy atom. The number of aromatic nitrogens is 4. The molecule has 0 aliphatic heterocycles. The van der Waals surface area contributed by atoms with Gasteiger partial charge in [-0.05, 0) is 51.0 Å². The van der Waals surface area contributed by atoms with Crippen molar-refractivity contribution in [2.75, 3.05) is 11.1 Å². The van der Waals surface area contributed by atoms with Crippen LogP contribution < -0.4 is 5.32 Å². The molecule has 0 unspecified atom stereocenters. The molecular formula is C19H19N5OS2. The molecule has 0 spiro atoms. The fraction of sp³-hybridized carbons (Fsp3) is 0.263. The minimum Gasteiger partial charge on any atom is -0.301 e. The molecule has 138 valence electrons. The summed E-state index contributed by atoms with van der Waals surface area (Å²) < 4.78 is 2.04. The number of benzene rings is 1. The predicted octanol–water partition coefficient (Wildman–Crippen LogP) is 4.30. The van der Waals surface area contributed by atoms with Crippen LogP contribution in [0.3, 0.4) is 0 Å². The van der Waals surface area contributed by atoms with Gasteiger partial charge in [0.05, 0.1) is 17.0 Å². The van der Waals surface area contributed by atoms with Crippen molar-refractivity contribution in [1.29, 1.82) is 0 Å². The second-order valence-electron chi connectivity index (χ2n) is 6.61. The number of rotatable bonds is 4. The van der Waals surface area contributed by atoms with Gasteiger partial charge in [-0.25, -0.2) is 4.98 Å². The summed E-state index contributed by atoms with van der Waals surface area (Å²) in [4.78, 5) is 16.5.